The van der Waals surface area contributed by atoms with E-state index in [0.29, 0.717) is 12.2 Å². The molecule has 1 aliphatic carbocycles. The third-order valence-corrected chi connectivity index (χ3v) is 4.53. The Hall–Kier alpha value is -2.92. The molecule has 2 heterocycles. The van der Waals surface area contributed by atoms with E-state index in [1.54, 1.807) is 13.4 Å². The zero-order valence-corrected chi connectivity index (χ0v) is 14.5. The van der Waals surface area contributed by atoms with Crippen molar-refractivity contribution in [2.75, 3.05) is 20.3 Å². The first-order valence-corrected chi connectivity index (χ1v) is 8.60. The van der Waals surface area contributed by atoms with Crippen LogP contribution >= 0.6 is 0 Å². The van der Waals surface area contributed by atoms with Crippen LogP contribution in [0.1, 0.15) is 33.8 Å². The molecule has 4 rings (SSSR count). The highest BCUT2D eigenvalue weighted by molar-refractivity contribution is 6.07. The molecule has 3 aromatic rings. The smallest absolute Gasteiger partial charge is 0.339 e. The Morgan fingerprint density at radius 2 is 2.08 bits per heavy atom. The molecule has 2 aromatic heterocycles. The Morgan fingerprint density at radius 1 is 1.19 bits per heavy atom. The van der Waals surface area contributed by atoms with Gasteiger partial charge in [-0.25, -0.2) is 9.78 Å². The van der Waals surface area contributed by atoms with Gasteiger partial charge >= 0.3 is 5.97 Å². The van der Waals surface area contributed by atoms with Crippen LogP contribution < -0.4 is 0 Å². The van der Waals surface area contributed by atoms with Crippen molar-refractivity contribution in [1.82, 2.24) is 4.98 Å². The number of furan rings is 1. The van der Waals surface area contributed by atoms with Crippen molar-refractivity contribution in [2.24, 2.45) is 0 Å². The molecule has 0 atom stereocenters. The number of esters is 1. The number of hydrogen-bond donors (Lipinski definition) is 0. The van der Waals surface area contributed by atoms with E-state index in [1.165, 1.54) is 0 Å². The normalized spacial score (nSPS) is 14.7. The number of ether oxygens (including phenoxy) is 2. The van der Waals surface area contributed by atoms with E-state index in [4.69, 9.17) is 18.9 Å². The third-order valence-electron chi connectivity index (χ3n) is 4.53. The molecule has 5 nitrogen and oxygen atoms in total. The summed E-state index contributed by atoms with van der Waals surface area (Å²) in [6, 6.07) is 11.4. The van der Waals surface area contributed by atoms with Crippen molar-refractivity contribution in [3.8, 4) is 0 Å². The van der Waals surface area contributed by atoms with E-state index >= 15 is 0 Å². The molecule has 132 valence electrons. The van der Waals surface area contributed by atoms with Crippen LogP contribution in [0, 0.1) is 0 Å². The van der Waals surface area contributed by atoms with Crippen molar-refractivity contribution >= 4 is 28.5 Å². The lowest BCUT2D eigenvalue weighted by Crippen LogP contribution is -2.13. The summed E-state index contributed by atoms with van der Waals surface area (Å²) in [5.41, 5.74) is 4.29. The minimum atomic E-state index is -0.323. The van der Waals surface area contributed by atoms with Crippen LogP contribution in [-0.2, 0) is 15.9 Å². The first-order chi connectivity index (χ1) is 12.8. The zero-order valence-electron chi connectivity index (χ0n) is 14.5. The number of pyridine rings is 1. The molecule has 0 saturated heterocycles. The molecule has 0 N–H and O–H groups in total. The molecular weight excluding hydrogens is 330 g/mol. The van der Waals surface area contributed by atoms with Crippen molar-refractivity contribution < 1.29 is 18.7 Å². The van der Waals surface area contributed by atoms with Crippen LogP contribution in [0.3, 0.4) is 0 Å². The topological polar surface area (TPSA) is 61.6 Å². The molecule has 0 saturated carbocycles. The number of hydrogen-bond acceptors (Lipinski definition) is 5. The summed E-state index contributed by atoms with van der Waals surface area (Å²) in [4.78, 5) is 17.6. The van der Waals surface area contributed by atoms with E-state index in [-0.39, 0.29) is 12.6 Å². The number of nitrogens with zero attached hydrogens (tertiary/aromatic N) is 1. The zero-order chi connectivity index (χ0) is 17.9. The standard InChI is InChI=1S/C21H19NO4/c1-24-11-12-26-21(23)19-16-6-2-3-7-18(16)22-20-14(8-9-17(19)20)13-15-5-4-10-25-15/h2-7,10,13H,8-9,11-12H2,1H3/b14-13+. The molecular formula is C21H19NO4. The van der Waals surface area contributed by atoms with Crippen LogP contribution in [0.4, 0.5) is 0 Å². The van der Waals surface area contributed by atoms with E-state index in [9.17, 15) is 4.79 Å². The largest absolute Gasteiger partial charge is 0.465 e. The lowest BCUT2D eigenvalue weighted by Gasteiger charge is -2.12. The predicted molar refractivity (Wildman–Crippen MR) is 98.8 cm³/mol. The van der Waals surface area contributed by atoms with Gasteiger partial charge in [0.05, 0.1) is 29.6 Å². The van der Waals surface area contributed by atoms with Gasteiger partial charge in [0.15, 0.2) is 0 Å². The van der Waals surface area contributed by atoms with Crippen molar-refractivity contribution in [1.29, 1.82) is 0 Å². The minimum absolute atomic E-state index is 0.232. The highest BCUT2D eigenvalue weighted by Gasteiger charge is 2.27. The van der Waals surface area contributed by atoms with E-state index in [2.05, 4.69) is 0 Å². The van der Waals surface area contributed by atoms with Gasteiger partial charge in [-0.1, -0.05) is 18.2 Å². The SMILES string of the molecule is COCCOC(=O)c1c2c(nc3ccccc13)/C(=C/c1ccco1)CC2. The molecule has 0 bridgehead atoms. The van der Waals surface area contributed by atoms with Gasteiger partial charge in [-0.3, -0.25) is 0 Å². The van der Waals surface area contributed by atoms with Crippen molar-refractivity contribution in [3.05, 3.63) is 65.2 Å². The fourth-order valence-electron chi connectivity index (χ4n) is 3.35. The second-order valence-corrected chi connectivity index (χ2v) is 6.14. The molecule has 0 unspecified atom stereocenters. The molecule has 1 aromatic carbocycles. The number of rotatable bonds is 5. The lowest BCUT2D eigenvalue weighted by molar-refractivity contribution is 0.0389. The molecule has 0 radical (unpaired) electrons. The van der Waals surface area contributed by atoms with E-state index in [1.807, 2.05) is 42.5 Å². The molecule has 0 spiro atoms. The van der Waals surface area contributed by atoms with Gasteiger partial charge in [0.2, 0.25) is 0 Å². The average Bonchev–Trinajstić information content (AvgIpc) is 3.30. The Labute approximate surface area is 151 Å². The number of carbonyl (C=O) groups excluding carboxylic acids is 1. The summed E-state index contributed by atoms with van der Waals surface area (Å²) in [5, 5.41) is 0.827. The third kappa shape index (κ3) is 3.02. The number of benzene rings is 1. The fourth-order valence-corrected chi connectivity index (χ4v) is 3.35. The number of para-hydroxylation sites is 1. The first kappa shape index (κ1) is 16.5. The number of methoxy groups -OCH3 is 1. The van der Waals surface area contributed by atoms with Gasteiger partial charge in [-0.2, -0.15) is 0 Å². The molecule has 0 fully saturated rings. The van der Waals surface area contributed by atoms with Gasteiger partial charge in [-0.15, -0.1) is 0 Å². The van der Waals surface area contributed by atoms with Gasteiger partial charge < -0.3 is 13.9 Å². The monoisotopic (exact) mass is 349 g/mol. The average molecular weight is 349 g/mol. The van der Waals surface area contributed by atoms with Crippen LogP contribution in [0.2, 0.25) is 0 Å². The number of fused-ring (bicyclic) bond motifs is 2. The quantitative estimate of drug-likeness (QED) is 0.512. The van der Waals surface area contributed by atoms with Gasteiger partial charge in [0.1, 0.15) is 12.4 Å². The molecule has 1 aliphatic rings. The Morgan fingerprint density at radius 3 is 2.88 bits per heavy atom. The number of carbonyl (C=O) groups is 1. The summed E-state index contributed by atoms with van der Waals surface area (Å²) in [6.45, 7) is 0.608. The summed E-state index contributed by atoms with van der Waals surface area (Å²) < 4.78 is 15.8. The fraction of sp³-hybridized carbons (Fsp3) is 0.238. The Kier molecular flexibility index (Phi) is 4.54. The van der Waals surface area contributed by atoms with Gasteiger partial charge in [0, 0.05) is 12.5 Å². The number of allylic oxidation sites excluding steroid dienone is 1. The lowest BCUT2D eigenvalue weighted by atomic mass is 10.0. The molecule has 5 heteroatoms. The molecule has 0 amide bonds. The highest BCUT2D eigenvalue weighted by Crippen LogP contribution is 2.37. The van der Waals surface area contributed by atoms with Crippen LogP contribution in [0.25, 0.3) is 22.6 Å². The van der Waals surface area contributed by atoms with Crippen LogP contribution in [-0.4, -0.2) is 31.3 Å². The highest BCUT2D eigenvalue weighted by atomic mass is 16.6. The van der Waals surface area contributed by atoms with E-state index < -0.39 is 0 Å². The summed E-state index contributed by atoms with van der Waals surface area (Å²) >= 11 is 0. The Balaban J connectivity index is 1.82. The van der Waals surface area contributed by atoms with E-state index in [0.717, 1.165) is 46.3 Å². The number of aromatic nitrogens is 1. The maximum atomic E-state index is 12.8. The van der Waals surface area contributed by atoms with Crippen LogP contribution in [0.15, 0.2) is 47.1 Å². The van der Waals surface area contributed by atoms with Crippen LogP contribution in [0.5, 0.6) is 0 Å². The van der Waals surface area contributed by atoms with Crippen molar-refractivity contribution in [2.45, 2.75) is 12.8 Å². The Bertz CT molecular complexity index is 973. The second-order valence-electron chi connectivity index (χ2n) is 6.14. The summed E-state index contributed by atoms with van der Waals surface area (Å²) in [7, 11) is 1.58. The summed E-state index contributed by atoms with van der Waals surface area (Å²) in [5.74, 6) is 0.461. The maximum Gasteiger partial charge on any atom is 0.339 e. The predicted octanol–water partition coefficient (Wildman–Crippen LogP) is 4.12. The minimum Gasteiger partial charge on any atom is -0.465 e. The second kappa shape index (κ2) is 7.14. The maximum absolute atomic E-state index is 12.8. The van der Waals surface area contributed by atoms with Gasteiger partial charge in [-0.05, 0) is 48.3 Å². The van der Waals surface area contributed by atoms with Crippen molar-refractivity contribution in [3.63, 3.8) is 0 Å². The molecule has 0 aliphatic heterocycles. The molecule has 26 heavy (non-hydrogen) atoms. The first-order valence-electron chi connectivity index (χ1n) is 8.60. The van der Waals surface area contributed by atoms with Gasteiger partial charge in [0.25, 0.3) is 0 Å². The summed E-state index contributed by atoms with van der Waals surface area (Å²) in [6.07, 6.45) is 5.22.